The monoisotopic (exact) mass is 406 g/mol. The van der Waals surface area contributed by atoms with Crippen LogP contribution < -0.4 is 10.2 Å². The molecule has 0 saturated heterocycles. The van der Waals surface area contributed by atoms with Crippen molar-refractivity contribution in [2.45, 2.75) is 39.0 Å². The molecule has 2 aromatic rings. The Labute approximate surface area is 168 Å². The summed E-state index contributed by atoms with van der Waals surface area (Å²) in [6.45, 7) is 6.40. The first-order valence-corrected chi connectivity index (χ1v) is 9.52. The van der Waals surface area contributed by atoms with Crippen LogP contribution in [0.15, 0.2) is 48.5 Å². The van der Waals surface area contributed by atoms with Crippen LogP contribution in [0, 0.1) is 5.92 Å². The Hall–Kier alpha value is -2.70. The molecule has 1 amide bonds. The van der Waals surface area contributed by atoms with Crippen molar-refractivity contribution in [3.63, 3.8) is 0 Å². The minimum Gasteiger partial charge on any atom is -0.444 e. The van der Waals surface area contributed by atoms with Gasteiger partial charge in [0.15, 0.2) is 0 Å². The Balaban J connectivity index is 1.77. The number of carbonyl (C=O) groups is 1. The fourth-order valence-corrected chi connectivity index (χ4v) is 3.43. The van der Waals surface area contributed by atoms with E-state index < -0.39 is 23.4 Å². The van der Waals surface area contributed by atoms with Gasteiger partial charge in [-0.15, -0.1) is 0 Å². The highest BCUT2D eigenvalue weighted by molar-refractivity contribution is 5.69. The van der Waals surface area contributed by atoms with E-state index in [4.69, 9.17) is 4.74 Å². The number of alkyl halides is 3. The second kappa shape index (κ2) is 7.97. The number of hydrogen-bond donors (Lipinski definition) is 1. The predicted octanol–water partition coefficient (Wildman–Crippen LogP) is 5.54. The number of nitrogens with one attached hydrogen (secondary N) is 1. The number of anilines is 2. The Morgan fingerprint density at radius 3 is 2.38 bits per heavy atom. The van der Waals surface area contributed by atoms with Gasteiger partial charge in [-0.2, -0.15) is 13.2 Å². The highest BCUT2D eigenvalue weighted by atomic mass is 19.4. The zero-order valence-corrected chi connectivity index (χ0v) is 16.7. The summed E-state index contributed by atoms with van der Waals surface area (Å²) in [4.78, 5) is 14.0. The van der Waals surface area contributed by atoms with Gasteiger partial charge in [0, 0.05) is 24.5 Å². The highest BCUT2D eigenvalue weighted by Crippen LogP contribution is 2.37. The lowest BCUT2D eigenvalue weighted by Crippen LogP contribution is -2.41. The maximum Gasteiger partial charge on any atom is 0.416 e. The van der Waals surface area contributed by atoms with Crippen LogP contribution >= 0.6 is 0 Å². The van der Waals surface area contributed by atoms with Crippen molar-refractivity contribution in [2.75, 3.05) is 18.0 Å². The molecule has 7 heteroatoms. The first-order valence-electron chi connectivity index (χ1n) is 9.52. The molecular formula is C22H25F3N2O2. The molecule has 3 rings (SSSR count). The van der Waals surface area contributed by atoms with Gasteiger partial charge in [-0.05, 0) is 69.0 Å². The first-order chi connectivity index (χ1) is 13.5. The Morgan fingerprint density at radius 2 is 1.76 bits per heavy atom. The smallest absolute Gasteiger partial charge is 0.416 e. The third-order valence-corrected chi connectivity index (χ3v) is 4.67. The summed E-state index contributed by atoms with van der Waals surface area (Å²) in [6.07, 6.45) is -4.07. The Kier molecular flexibility index (Phi) is 5.78. The van der Waals surface area contributed by atoms with Crippen LogP contribution in [0.3, 0.4) is 0 Å². The number of para-hydroxylation sites is 1. The molecule has 156 valence electrons. The second-order valence-electron chi connectivity index (χ2n) is 8.24. The molecule has 1 atom stereocenters. The fourth-order valence-electron chi connectivity index (χ4n) is 3.43. The third kappa shape index (κ3) is 5.43. The van der Waals surface area contributed by atoms with Gasteiger partial charge in [0.05, 0.1) is 5.56 Å². The summed E-state index contributed by atoms with van der Waals surface area (Å²) in [6, 6.07) is 13.0. The van der Waals surface area contributed by atoms with E-state index in [0.29, 0.717) is 18.8 Å². The van der Waals surface area contributed by atoms with E-state index in [1.807, 2.05) is 29.2 Å². The normalized spacial score (nSPS) is 16.9. The molecule has 1 N–H and O–H groups in total. The molecule has 0 spiro atoms. The Morgan fingerprint density at radius 1 is 1.10 bits per heavy atom. The first kappa shape index (κ1) is 21.0. The molecule has 0 fully saturated rings. The van der Waals surface area contributed by atoms with E-state index >= 15 is 0 Å². The van der Waals surface area contributed by atoms with Crippen LogP contribution in [-0.2, 0) is 17.3 Å². The van der Waals surface area contributed by atoms with Crippen molar-refractivity contribution in [1.82, 2.24) is 5.32 Å². The van der Waals surface area contributed by atoms with Gasteiger partial charge in [-0.25, -0.2) is 4.79 Å². The number of rotatable bonds is 3. The van der Waals surface area contributed by atoms with E-state index in [9.17, 15) is 18.0 Å². The molecule has 0 bridgehead atoms. The lowest BCUT2D eigenvalue weighted by Gasteiger charge is -2.36. The van der Waals surface area contributed by atoms with Gasteiger partial charge >= 0.3 is 12.3 Å². The summed E-state index contributed by atoms with van der Waals surface area (Å²) < 4.78 is 44.0. The second-order valence-corrected chi connectivity index (χ2v) is 8.24. The van der Waals surface area contributed by atoms with Crippen molar-refractivity contribution in [1.29, 1.82) is 0 Å². The van der Waals surface area contributed by atoms with Crippen LogP contribution in [0.5, 0.6) is 0 Å². The van der Waals surface area contributed by atoms with E-state index in [2.05, 4.69) is 5.32 Å². The molecule has 29 heavy (non-hydrogen) atoms. The topological polar surface area (TPSA) is 41.6 Å². The molecule has 1 unspecified atom stereocenters. The van der Waals surface area contributed by atoms with Gasteiger partial charge in [-0.1, -0.05) is 18.2 Å². The summed E-state index contributed by atoms with van der Waals surface area (Å²) >= 11 is 0. The van der Waals surface area contributed by atoms with Gasteiger partial charge in [0.1, 0.15) is 5.60 Å². The average molecular weight is 406 g/mol. The van der Waals surface area contributed by atoms with Crippen molar-refractivity contribution < 1.29 is 22.7 Å². The molecule has 0 radical (unpaired) electrons. The average Bonchev–Trinajstić information content (AvgIpc) is 2.64. The standard InChI is InChI=1S/C22H25F3N2O2/c1-21(2,3)29-20(28)26-13-15-12-16-6-4-5-7-19(16)27(14-15)18-10-8-17(9-11-18)22(23,24)25/h4-11,15H,12-14H2,1-3H3,(H,26,28). The van der Waals surface area contributed by atoms with E-state index in [1.165, 1.54) is 12.1 Å². The maximum absolute atomic E-state index is 12.9. The number of carbonyl (C=O) groups excluding carboxylic acids is 1. The van der Waals surface area contributed by atoms with Crippen molar-refractivity contribution in [2.24, 2.45) is 5.92 Å². The molecule has 2 aromatic carbocycles. The quantitative estimate of drug-likeness (QED) is 0.728. The number of alkyl carbamates (subject to hydrolysis) is 1. The molecule has 4 nitrogen and oxygen atoms in total. The summed E-state index contributed by atoms with van der Waals surface area (Å²) in [7, 11) is 0. The lowest BCUT2D eigenvalue weighted by molar-refractivity contribution is -0.137. The zero-order valence-electron chi connectivity index (χ0n) is 16.7. The molecule has 0 aromatic heterocycles. The van der Waals surface area contributed by atoms with Crippen molar-refractivity contribution >= 4 is 17.5 Å². The molecule has 1 heterocycles. The van der Waals surface area contributed by atoms with Gasteiger partial charge in [-0.3, -0.25) is 0 Å². The minimum atomic E-state index is -4.36. The number of nitrogens with zero attached hydrogens (tertiary/aromatic N) is 1. The molecular weight excluding hydrogens is 381 g/mol. The van der Waals surface area contributed by atoms with Crippen LogP contribution in [0.25, 0.3) is 0 Å². The molecule has 1 aliphatic rings. The van der Waals surface area contributed by atoms with E-state index in [0.717, 1.165) is 29.8 Å². The van der Waals surface area contributed by atoms with Gasteiger partial charge < -0.3 is 15.0 Å². The number of ether oxygens (including phenoxy) is 1. The van der Waals surface area contributed by atoms with Crippen LogP contribution in [0.4, 0.5) is 29.3 Å². The van der Waals surface area contributed by atoms with Crippen LogP contribution in [0.1, 0.15) is 31.9 Å². The summed E-state index contributed by atoms with van der Waals surface area (Å²) in [5, 5.41) is 2.80. The SMILES string of the molecule is CC(C)(C)OC(=O)NCC1Cc2ccccc2N(c2ccc(C(F)(F)F)cc2)C1. The van der Waals surface area contributed by atoms with Crippen LogP contribution in [-0.4, -0.2) is 24.8 Å². The van der Waals surface area contributed by atoms with Crippen LogP contribution in [0.2, 0.25) is 0 Å². The zero-order chi connectivity index (χ0) is 21.2. The minimum absolute atomic E-state index is 0.0970. The largest absolute Gasteiger partial charge is 0.444 e. The molecule has 0 saturated carbocycles. The summed E-state index contributed by atoms with van der Waals surface area (Å²) in [5.74, 6) is 0.0970. The third-order valence-electron chi connectivity index (χ3n) is 4.67. The number of halogens is 3. The number of hydrogen-bond acceptors (Lipinski definition) is 3. The van der Waals surface area contributed by atoms with E-state index in [-0.39, 0.29) is 5.92 Å². The number of benzene rings is 2. The van der Waals surface area contributed by atoms with E-state index in [1.54, 1.807) is 20.8 Å². The lowest BCUT2D eigenvalue weighted by atomic mass is 9.92. The van der Waals surface area contributed by atoms with Crippen molar-refractivity contribution in [3.8, 4) is 0 Å². The highest BCUT2D eigenvalue weighted by Gasteiger charge is 2.31. The summed E-state index contributed by atoms with van der Waals surface area (Å²) in [5.41, 5.74) is 1.51. The number of fused-ring (bicyclic) bond motifs is 1. The maximum atomic E-state index is 12.9. The number of amides is 1. The Bertz CT molecular complexity index is 858. The molecule has 0 aliphatic carbocycles. The fraction of sp³-hybridized carbons (Fsp3) is 0.409. The predicted molar refractivity (Wildman–Crippen MR) is 106 cm³/mol. The van der Waals surface area contributed by atoms with Crippen molar-refractivity contribution in [3.05, 3.63) is 59.7 Å². The van der Waals surface area contributed by atoms with Gasteiger partial charge in [0.2, 0.25) is 0 Å². The molecule has 1 aliphatic heterocycles. The van der Waals surface area contributed by atoms with Gasteiger partial charge in [0.25, 0.3) is 0 Å².